The molecule has 1 aliphatic rings. The molecule has 1 heterocycles. The molecule has 1 saturated carbocycles. The first kappa shape index (κ1) is 37.1. The maximum Gasteiger partial charge on any atom is 0.573 e. The summed E-state index contributed by atoms with van der Waals surface area (Å²) < 4.78 is 84.6. The maximum absolute atomic E-state index is 13.6. The van der Waals surface area contributed by atoms with E-state index in [4.69, 9.17) is 0 Å². The maximum atomic E-state index is 13.6. The number of nitro benzene ring substituents is 1. The fourth-order valence-corrected chi connectivity index (χ4v) is 5.55. The van der Waals surface area contributed by atoms with Gasteiger partial charge in [0.05, 0.1) is 23.5 Å². The van der Waals surface area contributed by atoms with Crippen molar-refractivity contribution in [2.45, 2.75) is 58.2 Å². The van der Waals surface area contributed by atoms with Gasteiger partial charge in [0.2, 0.25) is 0 Å². The Bertz CT molecular complexity index is 1550. The molecule has 3 aromatic rings. The molecule has 1 aliphatic carbocycles. The molecule has 0 bridgehead atoms. The van der Waals surface area contributed by atoms with Gasteiger partial charge in [-0.3, -0.25) is 14.9 Å². The number of anilines is 2. The number of alkyl halides is 6. The predicted molar refractivity (Wildman–Crippen MR) is 158 cm³/mol. The summed E-state index contributed by atoms with van der Waals surface area (Å²) in [4.78, 5) is 26.2. The van der Waals surface area contributed by atoms with E-state index < -0.39 is 52.9 Å². The molecule has 2 aromatic carbocycles. The van der Waals surface area contributed by atoms with Crippen LogP contribution in [0.25, 0.3) is 0 Å². The number of tetrazole rings is 1. The van der Waals surface area contributed by atoms with Crippen molar-refractivity contribution in [3.05, 3.63) is 63.2 Å². The van der Waals surface area contributed by atoms with Gasteiger partial charge in [-0.2, -0.15) is 18.0 Å². The number of carboxylic acids is 1. The van der Waals surface area contributed by atoms with Gasteiger partial charge < -0.3 is 19.6 Å². The molecule has 1 aromatic heterocycles. The number of halogens is 7. The summed E-state index contributed by atoms with van der Waals surface area (Å²) in [6.07, 6.45) is -7.62. The first-order chi connectivity index (χ1) is 21.5. The lowest BCUT2D eigenvalue weighted by Crippen LogP contribution is -2.34. The molecule has 0 spiro atoms. The second kappa shape index (κ2) is 15.0. The van der Waals surface area contributed by atoms with E-state index in [0.717, 1.165) is 29.1 Å². The van der Waals surface area contributed by atoms with Gasteiger partial charge in [-0.1, -0.05) is 5.10 Å². The highest BCUT2D eigenvalue weighted by molar-refractivity contribution is 5.85. The summed E-state index contributed by atoms with van der Waals surface area (Å²) in [7, 11) is 1.44. The highest BCUT2D eigenvalue weighted by Crippen LogP contribution is 2.36. The Balaban J connectivity index is 0.00000600. The van der Waals surface area contributed by atoms with Crippen LogP contribution in [0, 0.1) is 22.0 Å². The molecule has 1 N–H and O–H groups in total. The summed E-state index contributed by atoms with van der Waals surface area (Å²) in [6.45, 7) is 2.09. The third-order valence-electron chi connectivity index (χ3n) is 7.71. The van der Waals surface area contributed by atoms with E-state index in [1.54, 1.807) is 0 Å². The standard InChI is InChI=1S/C28H31F6N7O5.ClH/c1-3-39(14-17-4-6-19(7-5-17)25(42)43)24-9-8-23(46-28(32,33)34)12-20(24)16-40(26-35-37-38(2)36-26)15-18-10-21(27(29,30)31)13-22(11-18)41(44)45;/h8-13,17,19H,3-7,14-16H2,1-2H3,(H,42,43);1H/t17-,19-;. The van der Waals surface area contributed by atoms with Gasteiger partial charge in [-0.25, -0.2) is 0 Å². The van der Waals surface area contributed by atoms with Crippen LogP contribution in [0.15, 0.2) is 36.4 Å². The molecule has 19 heteroatoms. The zero-order valence-electron chi connectivity index (χ0n) is 25.2. The highest BCUT2D eigenvalue weighted by atomic mass is 35.5. The number of hydrogen-bond donors (Lipinski definition) is 1. The van der Waals surface area contributed by atoms with Gasteiger partial charge >= 0.3 is 18.5 Å². The van der Waals surface area contributed by atoms with E-state index in [-0.39, 0.29) is 41.9 Å². The first-order valence-corrected chi connectivity index (χ1v) is 14.2. The molecule has 12 nitrogen and oxygen atoms in total. The van der Waals surface area contributed by atoms with Crippen molar-refractivity contribution in [1.82, 2.24) is 20.2 Å². The van der Waals surface area contributed by atoms with Crippen molar-refractivity contribution in [1.29, 1.82) is 0 Å². The molecule has 0 aliphatic heterocycles. The van der Waals surface area contributed by atoms with Crippen LogP contribution in [0.1, 0.15) is 49.3 Å². The Hall–Kier alpha value is -4.35. The van der Waals surface area contributed by atoms with Crippen LogP contribution in [0.4, 0.5) is 43.7 Å². The van der Waals surface area contributed by atoms with E-state index in [0.29, 0.717) is 50.5 Å². The number of carboxylic acid groups (broad SMARTS) is 1. The van der Waals surface area contributed by atoms with Crippen LogP contribution >= 0.6 is 12.4 Å². The molecule has 0 atom stereocenters. The molecular formula is C28H32ClF6N7O5. The normalized spacial score (nSPS) is 16.7. The summed E-state index contributed by atoms with van der Waals surface area (Å²) in [5.41, 5.74) is -1.40. The summed E-state index contributed by atoms with van der Waals surface area (Å²) in [5.74, 6) is -1.80. The van der Waals surface area contributed by atoms with Gasteiger partial charge in [0.25, 0.3) is 11.6 Å². The highest BCUT2D eigenvalue weighted by Gasteiger charge is 2.34. The lowest BCUT2D eigenvalue weighted by Gasteiger charge is -2.34. The fraction of sp³-hybridized carbons (Fsp3) is 0.500. The molecule has 4 rings (SSSR count). The van der Waals surface area contributed by atoms with E-state index in [1.807, 2.05) is 11.8 Å². The van der Waals surface area contributed by atoms with Gasteiger partial charge in [0, 0.05) is 44.0 Å². The van der Waals surface area contributed by atoms with Crippen molar-refractivity contribution < 1.29 is 45.9 Å². The average molecular weight is 696 g/mol. The van der Waals surface area contributed by atoms with E-state index >= 15 is 0 Å². The van der Waals surface area contributed by atoms with E-state index in [9.17, 15) is 46.4 Å². The second-order valence-electron chi connectivity index (χ2n) is 11.0. The predicted octanol–water partition coefficient (Wildman–Crippen LogP) is 6.38. The average Bonchev–Trinajstić information content (AvgIpc) is 3.41. The summed E-state index contributed by atoms with van der Waals surface area (Å²) >= 11 is 0. The second-order valence-corrected chi connectivity index (χ2v) is 11.0. The summed E-state index contributed by atoms with van der Waals surface area (Å²) in [6, 6.07) is 5.87. The minimum Gasteiger partial charge on any atom is -0.481 e. The SMILES string of the molecule is CCN(C[C@H]1CC[C@H](C(=O)O)CC1)c1ccc(OC(F)(F)F)cc1CN(Cc1cc([N+](=O)[O-])cc(C(F)(F)F)c1)c1nnn(C)n1.Cl. The zero-order valence-corrected chi connectivity index (χ0v) is 26.0. The Labute approximate surface area is 270 Å². The number of carbonyl (C=O) groups is 1. The molecule has 0 radical (unpaired) electrons. The Morgan fingerprint density at radius 1 is 1.06 bits per heavy atom. The number of nitrogens with zero attached hydrogens (tertiary/aromatic N) is 7. The number of aromatic nitrogens is 4. The molecular weight excluding hydrogens is 664 g/mol. The van der Waals surface area contributed by atoms with Crippen molar-refractivity contribution >= 4 is 35.7 Å². The molecule has 47 heavy (non-hydrogen) atoms. The third-order valence-corrected chi connectivity index (χ3v) is 7.71. The van der Waals surface area contributed by atoms with Gasteiger partial charge in [0.1, 0.15) is 5.75 Å². The monoisotopic (exact) mass is 695 g/mol. The molecule has 0 unspecified atom stereocenters. The largest absolute Gasteiger partial charge is 0.573 e. The van der Waals surface area contributed by atoms with Crippen LogP contribution < -0.4 is 14.5 Å². The number of rotatable bonds is 12. The first-order valence-electron chi connectivity index (χ1n) is 14.2. The van der Waals surface area contributed by atoms with E-state index in [2.05, 4.69) is 20.1 Å². The smallest absolute Gasteiger partial charge is 0.481 e. The van der Waals surface area contributed by atoms with Crippen molar-refractivity contribution in [3.63, 3.8) is 0 Å². The zero-order chi connectivity index (χ0) is 33.8. The molecule has 1 fully saturated rings. The van der Waals surface area contributed by atoms with Crippen molar-refractivity contribution in [2.75, 3.05) is 22.9 Å². The number of hydrogen-bond acceptors (Lipinski definition) is 9. The lowest BCUT2D eigenvalue weighted by molar-refractivity contribution is -0.385. The quantitative estimate of drug-likeness (QED) is 0.129. The number of benzene rings is 2. The topological polar surface area (TPSA) is 140 Å². The Morgan fingerprint density at radius 2 is 1.74 bits per heavy atom. The molecule has 0 saturated heterocycles. The molecule has 0 amide bonds. The number of aliphatic carboxylic acids is 1. The number of nitro groups is 1. The number of non-ortho nitro benzene ring substituents is 1. The van der Waals surface area contributed by atoms with Crippen LogP contribution in [-0.4, -0.2) is 55.7 Å². The van der Waals surface area contributed by atoms with Gasteiger partial charge in [-0.15, -0.1) is 30.7 Å². The van der Waals surface area contributed by atoms with Crippen LogP contribution in [0.2, 0.25) is 0 Å². The van der Waals surface area contributed by atoms with Crippen LogP contribution in [0.3, 0.4) is 0 Å². The molecule has 258 valence electrons. The summed E-state index contributed by atoms with van der Waals surface area (Å²) in [5, 5.41) is 32.6. The van der Waals surface area contributed by atoms with Crippen LogP contribution in [-0.2, 0) is 31.1 Å². The van der Waals surface area contributed by atoms with Crippen LogP contribution in [0.5, 0.6) is 5.75 Å². The number of ether oxygens (including phenoxy) is 1. The minimum absolute atomic E-state index is 0. The van der Waals surface area contributed by atoms with E-state index in [1.165, 1.54) is 18.0 Å². The van der Waals surface area contributed by atoms with Crippen molar-refractivity contribution in [3.8, 4) is 5.75 Å². The fourth-order valence-electron chi connectivity index (χ4n) is 5.55. The van der Waals surface area contributed by atoms with Gasteiger partial charge in [0.15, 0.2) is 0 Å². The Kier molecular flexibility index (Phi) is 11.9. The Morgan fingerprint density at radius 3 is 2.28 bits per heavy atom. The number of aryl methyl sites for hydroxylation is 1. The third kappa shape index (κ3) is 10.1. The minimum atomic E-state index is -5.00. The lowest BCUT2D eigenvalue weighted by atomic mass is 9.81. The van der Waals surface area contributed by atoms with Gasteiger partial charge in [-0.05, 0) is 79.1 Å². The van der Waals surface area contributed by atoms with Crippen molar-refractivity contribution in [2.24, 2.45) is 18.9 Å².